The maximum atomic E-state index is 13.2. The van der Waals surface area contributed by atoms with Gasteiger partial charge in [0, 0.05) is 6.54 Å². The highest BCUT2D eigenvalue weighted by Crippen LogP contribution is 2.21. The van der Waals surface area contributed by atoms with Crippen molar-refractivity contribution >= 4 is 23.7 Å². The largest absolute Gasteiger partial charge is 0.480 e. The number of aliphatic hydroxyl groups is 1. The fourth-order valence-electron chi connectivity index (χ4n) is 3.53. The molecule has 0 aromatic rings. The van der Waals surface area contributed by atoms with Gasteiger partial charge in [-0.15, -0.1) is 0 Å². The van der Waals surface area contributed by atoms with Crippen LogP contribution < -0.4 is 22.1 Å². The van der Waals surface area contributed by atoms with Crippen LogP contribution in [0.25, 0.3) is 0 Å². The smallest absolute Gasteiger partial charge is 0.328 e. The van der Waals surface area contributed by atoms with Crippen molar-refractivity contribution in [1.82, 2.24) is 15.5 Å². The van der Waals surface area contributed by atoms with E-state index in [1.54, 1.807) is 13.8 Å². The number of aliphatic hydroxyl groups excluding tert-OH is 1. The van der Waals surface area contributed by atoms with Crippen LogP contribution in [0.4, 0.5) is 0 Å². The second kappa shape index (κ2) is 12.6. The third-order valence-corrected chi connectivity index (χ3v) is 5.42. The Hall–Kier alpha value is -2.24. The van der Waals surface area contributed by atoms with E-state index in [-0.39, 0.29) is 5.92 Å². The van der Waals surface area contributed by atoms with Crippen LogP contribution in [0.2, 0.25) is 0 Å². The zero-order valence-electron chi connectivity index (χ0n) is 18.5. The van der Waals surface area contributed by atoms with Crippen LogP contribution in [0, 0.1) is 5.92 Å². The lowest BCUT2D eigenvalue weighted by atomic mass is 10.0. The van der Waals surface area contributed by atoms with Gasteiger partial charge in [-0.2, -0.15) is 0 Å². The second-order valence-corrected chi connectivity index (χ2v) is 8.38. The molecular weight excluding hydrogens is 406 g/mol. The SMILES string of the molecule is CC(C)C(NC(=O)C(N)CCCCN)C(=O)N1CCCC1C(=O)NC(C(=O)O)C(C)O. The average Bonchev–Trinajstić information content (AvgIpc) is 3.18. The Bertz CT molecular complexity index is 642. The van der Waals surface area contributed by atoms with Gasteiger partial charge in [0.25, 0.3) is 0 Å². The quantitative estimate of drug-likeness (QED) is 0.197. The number of likely N-dealkylation sites (tertiary alicyclic amines) is 1. The monoisotopic (exact) mass is 443 g/mol. The third-order valence-electron chi connectivity index (χ3n) is 5.42. The molecule has 0 aromatic carbocycles. The Labute approximate surface area is 182 Å². The Balaban J connectivity index is 2.86. The van der Waals surface area contributed by atoms with Gasteiger partial charge in [0.2, 0.25) is 17.7 Å². The van der Waals surface area contributed by atoms with E-state index >= 15 is 0 Å². The van der Waals surface area contributed by atoms with Crippen molar-refractivity contribution in [2.75, 3.05) is 13.1 Å². The standard InChI is InChI=1S/C20H37N5O6/c1-11(2)15(23-17(27)13(22)7-4-5-9-21)19(29)25-10-6-8-14(25)18(28)24-16(12(3)26)20(30)31/h11-16,26H,4-10,21-22H2,1-3H3,(H,23,27)(H,24,28)(H,30,31). The van der Waals surface area contributed by atoms with Crippen LogP contribution in [0.15, 0.2) is 0 Å². The molecule has 0 aromatic heterocycles. The number of aliphatic carboxylic acids is 1. The highest BCUT2D eigenvalue weighted by atomic mass is 16.4. The number of carboxylic acid groups (broad SMARTS) is 1. The summed E-state index contributed by atoms with van der Waals surface area (Å²) in [7, 11) is 0. The van der Waals surface area contributed by atoms with Gasteiger partial charge in [0.1, 0.15) is 12.1 Å². The van der Waals surface area contributed by atoms with Crippen molar-refractivity contribution in [1.29, 1.82) is 0 Å². The predicted molar refractivity (Wildman–Crippen MR) is 114 cm³/mol. The first-order chi connectivity index (χ1) is 14.5. The van der Waals surface area contributed by atoms with Crippen molar-refractivity contribution in [3.8, 4) is 0 Å². The molecule has 31 heavy (non-hydrogen) atoms. The van der Waals surface area contributed by atoms with E-state index in [1.165, 1.54) is 11.8 Å². The van der Waals surface area contributed by atoms with Crippen molar-refractivity contribution in [2.45, 2.75) is 83.1 Å². The number of carbonyl (C=O) groups is 4. The number of nitrogens with one attached hydrogen (secondary N) is 2. The molecule has 178 valence electrons. The van der Waals surface area contributed by atoms with E-state index in [1.807, 2.05) is 0 Å². The molecule has 0 saturated carbocycles. The molecule has 3 amide bonds. The molecule has 1 aliphatic rings. The molecule has 1 fully saturated rings. The maximum Gasteiger partial charge on any atom is 0.328 e. The predicted octanol–water partition coefficient (Wildman–Crippen LogP) is -1.48. The molecule has 5 atom stereocenters. The maximum absolute atomic E-state index is 13.2. The zero-order valence-corrected chi connectivity index (χ0v) is 18.5. The van der Waals surface area contributed by atoms with Gasteiger partial charge < -0.3 is 37.2 Å². The summed E-state index contributed by atoms with van der Waals surface area (Å²) in [4.78, 5) is 50.9. The Morgan fingerprint density at radius 3 is 2.26 bits per heavy atom. The van der Waals surface area contributed by atoms with E-state index in [0.29, 0.717) is 38.8 Å². The number of rotatable bonds is 12. The summed E-state index contributed by atoms with van der Waals surface area (Å²) < 4.78 is 0. The molecule has 0 spiro atoms. The van der Waals surface area contributed by atoms with E-state index in [0.717, 1.165) is 6.42 Å². The Morgan fingerprint density at radius 1 is 1.10 bits per heavy atom. The molecular formula is C20H37N5O6. The van der Waals surface area contributed by atoms with Gasteiger partial charge in [0.15, 0.2) is 6.04 Å². The fourth-order valence-corrected chi connectivity index (χ4v) is 3.53. The third kappa shape index (κ3) is 7.75. The van der Waals surface area contributed by atoms with Crippen LogP contribution in [0.1, 0.15) is 52.9 Å². The molecule has 0 aliphatic carbocycles. The van der Waals surface area contributed by atoms with Gasteiger partial charge in [0.05, 0.1) is 12.1 Å². The fraction of sp³-hybridized carbons (Fsp3) is 0.800. The van der Waals surface area contributed by atoms with E-state index in [2.05, 4.69) is 10.6 Å². The topological polar surface area (TPSA) is 188 Å². The summed E-state index contributed by atoms with van der Waals surface area (Å²) in [6, 6.07) is -3.98. The van der Waals surface area contributed by atoms with Crippen LogP contribution in [0.5, 0.6) is 0 Å². The summed E-state index contributed by atoms with van der Waals surface area (Å²) in [6.07, 6.45) is 1.53. The number of carbonyl (C=O) groups excluding carboxylic acids is 3. The first-order valence-corrected chi connectivity index (χ1v) is 10.8. The molecule has 1 saturated heterocycles. The molecule has 0 bridgehead atoms. The van der Waals surface area contributed by atoms with Gasteiger partial charge >= 0.3 is 5.97 Å². The summed E-state index contributed by atoms with van der Waals surface area (Å²) in [5.41, 5.74) is 11.4. The van der Waals surface area contributed by atoms with E-state index in [9.17, 15) is 29.4 Å². The first kappa shape index (κ1) is 26.8. The molecule has 8 N–H and O–H groups in total. The molecule has 11 nitrogen and oxygen atoms in total. The van der Waals surface area contributed by atoms with Gasteiger partial charge in [-0.1, -0.05) is 20.3 Å². The molecule has 5 unspecified atom stereocenters. The van der Waals surface area contributed by atoms with Crippen molar-refractivity contribution in [3.63, 3.8) is 0 Å². The molecule has 11 heteroatoms. The Kier molecular flexibility index (Phi) is 10.9. The lowest BCUT2D eigenvalue weighted by Crippen LogP contribution is -2.59. The summed E-state index contributed by atoms with van der Waals surface area (Å²) >= 11 is 0. The van der Waals surface area contributed by atoms with Gasteiger partial charge in [-0.3, -0.25) is 14.4 Å². The minimum atomic E-state index is -1.47. The lowest BCUT2D eigenvalue weighted by Gasteiger charge is -2.31. The average molecular weight is 444 g/mol. The number of nitrogens with two attached hydrogens (primary N) is 2. The summed E-state index contributed by atoms with van der Waals surface area (Å²) in [6.45, 7) is 5.64. The number of hydrogen-bond donors (Lipinski definition) is 6. The van der Waals surface area contributed by atoms with Gasteiger partial charge in [-0.05, 0) is 45.1 Å². The highest BCUT2D eigenvalue weighted by molar-refractivity contribution is 5.94. The van der Waals surface area contributed by atoms with Crippen LogP contribution >= 0.6 is 0 Å². The van der Waals surface area contributed by atoms with Crippen LogP contribution in [-0.4, -0.2) is 82.2 Å². The van der Waals surface area contributed by atoms with E-state index < -0.39 is 54.0 Å². The molecule has 1 aliphatic heterocycles. The zero-order chi connectivity index (χ0) is 23.7. The minimum absolute atomic E-state index is 0.249. The van der Waals surface area contributed by atoms with Crippen LogP contribution in [-0.2, 0) is 19.2 Å². The summed E-state index contributed by atoms with van der Waals surface area (Å²) in [5, 5.41) is 23.8. The normalized spacial score (nSPS) is 20.1. The number of hydrogen-bond acceptors (Lipinski definition) is 7. The van der Waals surface area contributed by atoms with Gasteiger partial charge in [-0.25, -0.2) is 4.79 Å². The van der Waals surface area contributed by atoms with Crippen molar-refractivity contribution < 1.29 is 29.4 Å². The van der Waals surface area contributed by atoms with Crippen molar-refractivity contribution in [2.24, 2.45) is 17.4 Å². The molecule has 1 rings (SSSR count). The van der Waals surface area contributed by atoms with E-state index in [4.69, 9.17) is 11.5 Å². The number of nitrogens with zero attached hydrogens (tertiary/aromatic N) is 1. The molecule has 1 heterocycles. The van der Waals surface area contributed by atoms with Crippen molar-refractivity contribution in [3.05, 3.63) is 0 Å². The minimum Gasteiger partial charge on any atom is -0.480 e. The summed E-state index contributed by atoms with van der Waals surface area (Å²) in [5.74, 6) is -3.12. The van der Waals surface area contributed by atoms with Crippen LogP contribution in [0.3, 0.4) is 0 Å². The highest BCUT2D eigenvalue weighted by Gasteiger charge is 2.40. The lowest BCUT2D eigenvalue weighted by molar-refractivity contribution is -0.147. The second-order valence-electron chi connectivity index (χ2n) is 8.38. The number of carboxylic acids is 1. The first-order valence-electron chi connectivity index (χ1n) is 10.8. The molecule has 0 radical (unpaired) electrons. The number of unbranched alkanes of at least 4 members (excludes halogenated alkanes) is 1. The number of amides is 3. The Morgan fingerprint density at radius 2 is 1.74 bits per heavy atom.